The first-order valence-corrected chi connectivity index (χ1v) is 4.42. The molecule has 1 atom stereocenters. The maximum atomic E-state index is 11.5. The summed E-state index contributed by atoms with van der Waals surface area (Å²) < 4.78 is 0. The number of likely N-dealkylation sites (N-methyl/N-ethyl adjacent to an activating group) is 1. The smallest absolute Gasteiger partial charge is 0.155 e. The highest BCUT2D eigenvalue weighted by atomic mass is 16.1. The number of nitrogens with zero attached hydrogens (tertiary/aromatic N) is 2. The topological polar surface area (TPSA) is 33.2 Å². The van der Waals surface area contributed by atoms with Gasteiger partial charge in [-0.1, -0.05) is 0 Å². The molecule has 2 rings (SSSR count). The van der Waals surface area contributed by atoms with E-state index >= 15 is 0 Å². The van der Waals surface area contributed by atoms with Gasteiger partial charge in [-0.3, -0.25) is 14.7 Å². The molecule has 68 valence electrons. The third kappa shape index (κ3) is 1.47. The molecule has 2 heterocycles. The monoisotopic (exact) mass is 176 g/mol. The Kier molecular flexibility index (Phi) is 2.10. The Morgan fingerprint density at radius 2 is 2.15 bits per heavy atom. The van der Waals surface area contributed by atoms with Crippen LogP contribution in [0.3, 0.4) is 0 Å². The van der Waals surface area contributed by atoms with Crippen LogP contribution in [0.1, 0.15) is 18.0 Å². The number of hydrogen-bond donors (Lipinski definition) is 0. The molecule has 3 nitrogen and oxygen atoms in total. The molecule has 1 aliphatic rings. The van der Waals surface area contributed by atoms with E-state index in [1.807, 2.05) is 19.2 Å². The van der Waals surface area contributed by atoms with Crippen LogP contribution in [0.15, 0.2) is 24.5 Å². The third-order valence-electron chi connectivity index (χ3n) is 2.48. The molecule has 0 amide bonds. The SMILES string of the molecule is CN1CCC(=O)C1c1ccncc1. The van der Waals surface area contributed by atoms with E-state index in [0.29, 0.717) is 12.2 Å². The lowest BCUT2D eigenvalue weighted by Gasteiger charge is -2.17. The van der Waals surface area contributed by atoms with Gasteiger partial charge in [0.1, 0.15) is 0 Å². The summed E-state index contributed by atoms with van der Waals surface area (Å²) in [5, 5.41) is 0. The highest BCUT2D eigenvalue weighted by Crippen LogP contribution is 2.26. The number of rotatable bonds is 1. The van der Waals surface area contributed by atoms with E-state index in [9.17, 15) is 4.79 Å². The van der Waals surface area contributed by atoms with Crippen LogP contribution in [0.5, 0.6) is 0 Å². The summed E-state index contributed by atoms with van der Waals surface area (Å²) in [5.41, 5.74) is 1.06. The molecule has 1 aliphatic heterocycles. The Labute approximate surface area is 77.4 Å². The van der Waals surface area contributed by atoms with Gasteiger partial charge in [0.25, 0.3) is 0 Å². The van der Waals surface area contributed by atoms with Crippen molar-refractivity contribution in [1.29, 1.82) is 0 Å². The van der Waals surface area contributed by atoms with E-state index in [1.165, 1.54) is 0 Å². The highest BCUT2D eigenvalue weighted by molar-refractivity contribution is 5.87. The molecular weight excluding hydrogens is 164 g/mol. The molecule has 1 aromatic rings. The van der Waals surface area contributed by atoms with Crippen molar-refractivity contribution in [3.05, 3.63) is 30.1 Å². The Morgan fingerprint density at radius 1 is 1.46 bits per heavy atom. The number of ketones is 1. The zero-order valence-corrected chi connectivity index (χ0v) is 7.60. The fraction of sp³-hybridized carbons (Fsp3) is 0.400. The van der Waals surface area contributed by atoms with Gasteiger partial charge in [0, 0.05) is 25.4 Å². The zero-order chi connectivity index (χ0) is 9.26. The van der Waals surface area contributed by atoms with Crippen LogP contribution in [-0.2, 0) is 4.79 Å². The lowest BCUT2D eigenvalue weighted by atomic mass is 10.1. The molecule has 13 heavy (non-hydrogen) atoms. The van der Waals surface area contributed by atoms with Gasteiger partial charge >= 0.3 is 0 Å². The molecular formula is C10H12N2O. The number of Topliss-reactive ketones (excluding diaryl/α,β-unsaturated/α-hetero) is 1. The largest absolute Gasteiger partial charge is 0.297 e. The van der Waals surface area contributed by atoms with Crippen molar-refractivity contribution in [2.75, 3.05) is 13.6 Å². The number of likely N-dealkylation sites (tertiary alicyclic amines) is 1. The van der Waals surface area contributed by atoms with Crippen molar-refractivity contribution in [1.82, 2.24) is 9.88 Å². The number of carbonyl (C=O) groups excluding carboxylic acids is 1. The summed E-state index contributed by atoms with van der Waals surface area (Å²) in [6, 6.07) is 3.78. The minimum atomic E-state index is -0.0389. The molecule has 0 radical (unpaired) electrons. The Bertz CT molecular complexity index is 310. The van der Waals surface area contributed by atoms with E-state index in [4.69, 9.17) is 0 Å². The normalized spacial score (nSPS) is 23.8. The molecule has 0 spiro atoms. The van der Waals surface area contributed by atoms with Gasteiger partial charge in [0.05, 0.1) is 6.04 Å². The fourth-order valence-electron chi connectivity index (χ4n) is 1.78. The van der Waals surface area contributed by atoms with Crippen molar-refractivity contribution in [2.24, 2.45) is 0 Å². The zero-order valence-electron chi connectivity index (χ0n) is 7.60. The molecule has 0 bridgehead atoms. The van der Waals surface area contributed by atoms with Gasteiger partial charge in [-0.2, -0.15) is 0 Å². The second-order valence-corrected chi connectivity index (χ2v) is 3.38. The summed E-state index contributed by atoms with van der Waals surface area (Å²) in [4.78, 5) is 17.5. The van der Waals surface area contributed by atoms with Crippen molar-refractivity contribution in [2.45, 2.75) is 12.5 Å². The van der Waals surface area contributed by atoms with Gasteiger partial charge < -0.3 is 0 Å². The van der Waals surface area contributed by atoms with E-state index in [1.54, 1.807) is 12.4 Å². The Morgan fingerprint density at radius 3 is 2.69 bits per heavy atom. The summed E-state index contributed by atoms with van der Waals surface area (Å²) >= 11 is 0. The number of aromatic nitrogens is 1. The molecule has 0 aliphatic carbocycles. The number of hydrogen-bond acceptors (Lipinski definition) is 3. The van der Waals surface area contributed by atoms with Crippen LogP contribution >= 0.6 is 0 Å². The van der Waals surface area contributed by atoms with Gasteiger partial charge in [-0.15, -0.1) is 0 Å². The minimum absolute atomic E-state index is 0.0389. The maximum absolute atomic E-state index is 11.5. The van der Waals surface area contributed by atoms with E-state index in [-0.39, 0.29) is 6.04 Å². The summed E-state index contributed by atoms with van der Waals surface area (Å²) in [7, 11) is 1.98. The number of carbonyl (C=O) groups is 1. The highest BCUT2D eigenvalue weighted by Gasteiger charge is 2.30. The second-order valence-electron chi connectivity index (χ2n) is 3.38. The average molecular weight is 176 g/mol. The van der Waals surface area contributed by atoms with Gasteiger partial charge in [-0.05, 0) is 24.7 Å². The van der Waals surface area contributed by atoms with Crippen molar-refractivity contribution < 1.29 is 4.79 Å². The first kappa shape index (κ1) is 8.38. The molecule has 1 aromatic heterocycles. The van der Waals surface area contributed by atoms with E-state index in [0.717, 1.165) is 12.1 Å². The van der Waals surface area contributed by atoms with Gasteiger partial charge in [-0.25, -0.2) is 0 Å². The van der Waals surface area contributed by atoms with Crippen LogP contribution in [0.4, 0.5) is 0 Å². The van der Waals surface area contributed by atoms with Crippen LogP contribution in [0.2, 0.25) is 0 Å². The van der Waals surface area contributed by atoms with Gasteiger partial charge in [0.15, 0.2) is 5.78 Å². The van der Waals surface area contributed by atoms with Crippen LogP contribution < -0.4 is 0 Å². The summed E-state index contributed by atoms with van der Waals surface area (Å²) in [5.74, 6) is 0.314. The van der Waals surface area contributed by atoms with E-state index < -0.39 is 0 Å². The van der Waals surface area contributed by atoms with Crippen LogP contribution in [0, 0.1) is 0 Å². The molecule has 0 N–H and O–H groups in total. The van der Waals surface area contributed by atoms with Crippen molar-refractivity contribution in [3.63, 3.8) is 0 Å². The molecule has 1 unspecified atom stereocenters. The van der Waals surface area contributed by atoms with Crippen LogP contribution in [0.25, 0.3) is 0 Å². The van der Waals surface area contributed by atoms with Crippen molar-refractivity contribution in [3.8, 4) is 0 Å². The quantitative estimate of drug-likeness (QED) is 0.640. The van der Waals surface area contributed by atoms with Crippen molar-refractivity contribution >= 4 is 5.78 Å². The first-order valence-electron chi connectivity index (χ1n) is 4.42. The first-order chi connectivity index (χ1) is 6.29. The second kappa shape index (κ2) is 3.26. The van der Waals surface area contributed by atoms with E-state index in [2.05, 4.69) is 9.88 Å². The number of pyridine rings is 1. The predicted molar refractivity (Wildman–Crippen MR) is 49.2 cm³/mol. The minimum Gasteiger partial charge on any atom is -0.297 e. The molecule has 3 heteroatoms. The summed E-state index contributed by atoms with van der Waals surface area (Å²) in [6.45, 7) is 0.867. The predicted octanol–water partition coefficient (Wildman–Crippen LogP) is 1.03. The third-order valence-corrected chi connectivity index (χ3v) is 2.48. The molecule has 1 fully saturated rings. The summed E-state index contributed by atoms with van der Waals surface area (Å²) in [6.07, 6.45) is 4.13. The molecule has 0 aromatic carbocycles. The van der Waals surface area contributed by atoms with Crippen LogP contribution in [-0.4, -0.2) is 29.3 Å². The Balaban J connectivity index is 2.30. The van der Waals surface area contributed by atoms with Gasteiger partial charge in [0.2, 0.25) is 0 Å². The Hall–Kier alpha value is -1.22. The molecule has 1 saturated heterocycles. The molecule has 0 saturated carbocycles. The lowest BCUT2D eigenvalue weighted by Crippen LogP contribution is -2.20. The maximum Gasteiger partial charge on any atom is 0.155 e. The fourth-order valence-corrected chi connectivity index (χ4v) is 1.78. The average Bonchev–Trinajstić information content (AvgIpc) is 2.48. The lowest BCUT2D eigenvalue weighted by molar-refractivity contribution is -0.119. The standard InChI is InChI=1S/C10H12N2O/c1-12-7-4-9(13)10(12)8-2-5-11-6-3-8/h2-3,5-6,10H,4,7H2,1H3.